The first-order valence-corrected chi connectivity index (χ1v) is 10.7. The fourth-order valence-corrected chi connectivity index (χ4v) is 3.68. The molecule has 0 radical (unpaired) electrons. The minimum Gasteiger partial charge on any atom is -0.464 e. The molecule has 0 unspecified atom stereocenters. The van der Waals surface area contributed by atoms with Gasteiger partial charge < -0.3 is 9.30 Å². The number of carbonyl (C=O) groups is 1. The highest BCUT2D eigenvalue weighted by molar-refractivity contribution is 5.83. The molecule has 1 heterocycles. The summed E-state index contributed by atoms with van der Waals surface area (Å²) in [7, 11) is 0. The third kappa shape index (κ3) is 4.85. The predicted molar refractivity (Wildman–Crippen MR) is 125 cm³/mol. The number of hydrogen-bond acceptors (Lipinski definition) is 3. The molecule has 0 spiro atoms. The van der Waals surface area contributed by atoms with Crippen molar-refractivity contribution in [3.63, 3.8) is 0 Å². The van der Waals surface area contributed by atoms with Crippen molar-refractivity contribution in [2.24, 2.45) is 0 Å². The second kappa shape index (κ2) is 8.76. The third-order valence-corrected chi connectivity index (χ3v) is 5.45. The van der Waals surface area contributed by atoms with Gasteiger partial charge >= 0.3 is 5.97 Å². The second-order valence-electron chi connectivity index (χ2n) is 8.79. The normalized spacial score (nSPS) is 11.6. The molecule has 0 aliphatic heterocycles. The Kier molecular flexibility index (Phi) is 5.90. The molecule has 0 N–H and O–H groups in total. The third-order valence-electron chi connectivity index (χ3n) is 5.45. The van der Waals surface area contributed by atoms with E-state index in [1.54, 1.807) is 0 Å². The van der Waals surface area contributed by atoms with Crippen LogP contribution in [0, 0.1) is 0 Å². The molecule has 4 rings (SSSR count). The molecule has 158 valence electrons. The molecule has 3 aromatic carbocycles. The molecule has 0 fully saturated rings. The van der Waals surface area contributed by atoms with Gasteiger partial charge in [0.1, 0.15) is 12.4 Å². The van der Waals surface area contributed by atoms with E-state index >= 15 is 0 Å². The Balaban J connectivity index is 1.56. The van der Waals surface area contributed by atoms with Gasteiger partial charge in [-0.2, -0.15) is 0 Å². The molecule has 0 amide bonds. The number of hydrogen-bond donors (Lipinski definition) is 0. The molecule has 0 saturated heterocycles. The molecule has 4 heteroatoms. The minimum atomic E-state index is -0.258. The van der Waals surface area contributed by atoms with Gasteiger partial charge in [0.25, 0.3) is 0 Å². The van der Waals surface area contributed by atoms with E-state index in [-0.39, 0.29) is 17.9 Å². The molecule has 0 aliphatic rings. The SMILES string of the molecule is CC(C)(C)c1ccc(-c2nc3ccccc3n2CC(=O)OCCc2ccccc2)cc1. The lowest BCUT2D eigenvalue weighted by Gasteiger charge is -2.19. The molecule has 0 bridgehead atoms. The van der Waals surface area contributed by atoms with Crippen molar-refractivity contribution in [3.05, 3.63) is 90.0 Å². The Labute approximate surface area is 183 Å². The van der Waals surface area contributed by atoms with E-state index in [4.69, 9.17) is 9.72 Å². The molecule has 0 atom stereocenters. The maximum atomic E-state index is 12.6. The molecule has 0 aliphatic carbocycles. The Bertz CT molecular complexity index is 1170. The summed E-state index contributed by atoms with van der Waals surface area (Å²) < 4.78 is 7.49. The number of rotatable bonds is 6. The summed E-state index contributed by atoms with van der Waals surface area (Å²) in [6.07, 6.45) is 0.707. The molecule has 0 saturated carbocycles. The molecule has 4 nitrogen and oxygen atoms in total. The summed E-state index contributed by atoms with van der Waals surface area (Å²) in [6.45, 7) is 7.09. The largest absolute Gasteiger partial charge is 0.464 e. The van der Waals surface area contributed by atoms with Gasteiger partial charge in [-0.05, 0) is 28.7 Å². The molecule has 1 aromatic heterocycles. The number of para-hydroxylation sites is 2. The van der Waals surface area contributed by atoms with Gasteiger partial charge in [-0.1, -0.05) is 87.5 Å². The molecule has 4 aromatic rings. The van der Waals surface area contributed by atoms with Crippen LogP contribution in [0.15, 0.2) is 78.9 Å². The van der Waals surface area contributed by atoms with E-state index in [0.29, 0.717) is 13.0 Å². The topological polar surface area (TPSA) is 44.1 Å². The van der Waals surface area contributed by atoms with Crippen LogP contribution in [0.2, 0.25) is 0 Å². The predicted octanol–water partition coefficient (Wildman–Crippen LogP) is 5.79. The number of carbonyl (C=O) groups excluding carboxylic acids is 1. The van der Waals surface area contributed by atoms with Gasteiger partial charge in [-0.25, -0.2) is 4.98 Å². The van der Waals surface area contributed by atoms with Crippen molar-refractivity contribution in [1.82, 2.24) is 9.55 Å². The van der Waals surface area contributed by atoms with Gasteiger partial charge in [0.2, 0.25) is 0 Å². The van der Waals surface area contributed by atoms with Crippen LogP contribution in [0.25, 0.3) is 22.4 Å². The monoisotopic (exact) mass is 412 g/mol. The number of aromatic nitrogens is 2. The van der Waals surface area contributed by atoms with Crippen LogP contribution in [0.5, 0.6) is 0 Å². The van der Waals surface area contributed by atoms with E-state index in [0.717, 1.165) is 28.0 Å². The van der Waals surface area contributed by atoms with Gasteiger partial charge in [-0.15, -0.1) is 0 Å². The lowest BCUT2D eigenvalue weighted by atomic mass is 9.87. The zero-order valence-corrected chi connectivity index (χ0v) is 18.3. The lowest BCUT2D eigenvalue weighted by molar-refractivity contribution is -0.144. The summed E-state index contributed by atoms with van der Waals surface area (Å²) in [4.78, 5) is 17.5. The summed E-state index contributed by atoms with van der Waals surface area (Å²) in [6, 6.07) is 26.4. The van der Waals surface area contributed by atoms with E-state index in [2.05, 4.69) is 45.0 Å². The van der Waals surface area contributed by atoms with Crippen molar-refractivity contribution in [2.75, 3.05) is 6.61 Å². The minimum absolute atomic E-state index is 0.0845. The zero-order chi connectivity index (χ0) is 21.8. The van der Waals surface area contributed by atoms with Gasteiger partial charge in [0.15, 0.2) is 0 Å². The Hall–Kier alpha value is -3.40. The molecule has 31 heavy (non-hydrogen) atoms. The Morgan fingerprint density at radius 2 is 1.58 bits per heavy atom. The van der Waals surface area contributed by atoms with Gasteiger partial charge in [0.05, 0.1) is 17.6 Å². The Morgan fingerprint density at radius 1 is 0.903 bits per heavy atom. The summed E-state index contributed by atoms with van der Waals surface area (Å²) in [5.74, 6) is 0.522. The van der Waals surface area contributed by atoms with E-state index in [1.165, 1.54) is 5.56 Å². The van der Waals surface area contributed by atoms with Crippen molar-refractivity contribution < 1.29 is 9.53 Å². The van der Waals surface area contributed by atoms with Crippen LogP contribution in [-0.4, -0.2) is 22.1 Å². The van der Waals surface area contributed by atoms with Crippen LogP contribution >= 0.6 is 0 Å². The molecular formula is C27H28N2O2. The fraction of sp³-hybridized carbons (Fsp3) is 0.259. The average Bonchev–Trinajstić information content (AvgIpc) is 3.12. The van der Waals surface area contributed by atoms with Crippen molar-refractivity contribution in [2.45, 2.75) is 39.2 Å². The number of imidazole rings is 1. The highest BCUT2D eigenvalue weighted by atomic mass is 16.5. The number of benzene rings is 3. The first kappa shape index (κ1) is 20.9. The number of ether oxygens (including phenoxy) is 1. The summed E-state index contributed by atoms with van der Waals surface area (Å²) in [5, 5.41) is 0. The molecular weight excluding hydrogens is 384 g/mol. The Morgan fingerprint density at radius 3 is 2.29 bits per heavy atom. The standard InChI is InChI=1S/C27H28N2O2/c1-27(2,3)22-15-13-21(14-16-22)26-28-23-11-7-8-12-24(23)29(26)19-25(30)31-18-17-20-9-5-4-6-10-20/h4-16H,17-19H2,1-3H3. The first-order chi connectivity index (χ1) is 14.9. The second-order valence-corrected chi connectivity index (χ2v) is 8.79. The van der Waals surface area contributed by atoms with Gasteiger partial charge in [-0.3, -0.25) is 4.79 Å². The number of nitrogens with zero attached hydrogens (tertiary/aromatic N) is 2. The summed E-state index contributed by atoms with van der Waals surface area (Å²) in [5.41, 5.74) is 5.29. The maximum Gasteiger partial charge on any atom is 0.326 e. The van der Waals surface area contributed by atoms with Crippen LogP contribution in [0.4, 0.5) is 0 Å². The van der Waals surface area contributed by atoms with Crippen LogP contribution in [0.1, 0.15) is 31.9 Å². The highest BCUT2D eigenvalue weighted by Crippen LogP contribution is 2.28. The highest BCUT2D eigenvalue weighted by Gasteiger charge is 2.18. The first-order valence-electron chi connectivity index (χ1n) is 10.7. The van der Waals surface area contributed by atoms with Crippen LogP contribution in [0.3, 0.4) is 0 Å². The smallest absolute Gasteiger partial charge is 0.326 e. The number of fused-ring (bicyclic) bond motifs is 1. The van der Waals surface area contributed by atoms with Crippen LogP contribution in [-0.2, 0) is 27.9 Å². The van der Waals surface area contributed by atoms with Crippen molar-refractivity contribution in [1.29, 1.82) is 0 Å². The van der Waals surface area contributed by atoms with Crippen molar-refractivity contribution in [3.8, 4) is 11.4 Å². The van der Waals surface area contributed by atoms with E-state index < -0.39 is 0 Å². The van der Waals surface area contributed by atoms with Crippen LogP contribution < -0.4 is 0 Å². The van der Waals surface area contributed by atoms with Gasteiger partial charge in [0, 0.05) is 12.0 Å². The van der Waals surface area contributed by atoms with E-state index in [1.807, 2.05) is 59.2 Å². The maximum absolute atomic E-state index is 12.6. The quantitative estimate of drug-likeness (QED) is 0.377. The fourth-order valence-electron chi connectivity index (χ4n) is 3.68. The zero-order valence-electron chi connectivity index (χ0n) is 18.3. The summed E-state index contributed by atoms with van der Waals surface area (Å²) >= 11 is 0. The van der Waals surface area contributed by atoms with E-state index in [9.17, 15) is 4.79 Å². The van der Waals surface area contributed by atoms with Crippen molar-refractivity contribution >= 4 is 17.0 Å². The average molecular weight is 413 g/mol. The lowest BCUT2D eigenvalue weighted by Crippen LogP contribution is -2.16. The number of esters is 1.